The van der Waals surface area contributed by atoms with Crippen LogP contribution in [0.4, 0.5) is 11.8 Å². The lowest BCUT2D eigenvalue weighted by Crippen LogP contribution is -2.41. The molecule has 3 unspecified atom stereocenters. The predicted octanol–water partition coefficient (Wildman–Crippen LogP) is 1.92. The topological polar surface area (TPSA) is 260 Å². The van der Waals surface area contributed by atoms with Gasteiger partial charge in [0.15, 0.2) is 28.9 Å². The molecule has 0 amide bonds. The van der Waals surface area contributed by atoms with Gasteiger partial charge in [-0.25, -0.2) is 29.1 Å². The molecule has 6 N–H and O–H groups in total. The lowest BCUT2D eigenvalue weighted by molar-refractivity contribution is -0.118. The van der Waals surface area contributed by atoms with Crippen LogP contribution in [0.1, 0.15) is 38.6 Å². The van der Waals surface area contributed by atoms with Crippen molar-refractivity contribution in [3.05, 3.63) is 29.3 Å². The Morgan fingerprint density at radius 3 is 2.56 bits per heavy atom. The first-order chi connectivity index (χ1) is 20.2. The van der Waals surface area contributed by atoms with Gasteiger partial charge in [-0.1, -0.05) is 24.5 Å². The van der Waals surface area contributed by atoms with E-state index in [1.807, 2.05) is 0 Å². The monoisotopic (exact) mass is 676 g/mol. The molecule has 0 radical (unpaired) electrons. The summed E-state index contributed by atoms with van der Waals surface area (Å²) < 4.78 is 57.1. The Kier molecular flexibility index (Phi) is 7.86. The van der Waals surface area contributed by atoms with Crippen LogP contribution >= 0.6 is 38.1 Å². The first-order valence-electron chi connectivity index (χ1n) is 12.6. The van der Waals surface area contributed by atoms with Crippen molar-refractivity contribution < 1.29 is 37.1 Å². The molecule has 232 valence electrons. The van der Waals surface area contributed by atoms with Crippen molar-refractivity contribution in [2.75, 3.05) is 18.1 Å². The van der Waals surface area contributed by atoms with Crippen molar-refractivity contribution >= 4 is 72.2 Å². The molecular weight excluding hydrogens is 650 g/mol. The van der Waals surface area contributed by atoms with Gasteiger partial charge >= 0.3 is 13.6 Å². The minimum absolute atomic E-state index is 0.0578. The number of rotatable bonds is 9. The van der Waals surface area contributed by atoms with Crippen LogP contribution < -0.4 is 17.0 Å². The number of anilines is 2. The number of nitrogens with zero attached hydrogens (tertiary/aromatic N) is 7. The van der Waals surface area contributed by atoms with Crippen LogP contribution in [0.15, 0.2) is 23.8 Å². The van der Waals surface area contributed by atoms with Crippen LogP contribution in [0.25, 0.3) is 22.3 Å². The number of aromatic amines is 1. The van der Waals surface area contributed by atoms with E-state index in [-0.39, 0.29) is 35.8 Å². The van der Waals surface area contributed by atoms with Gasteiger partial charge in [-0.2, -0.15) is 4.98 Å². The molecule has 0 aliphatic carbocycles. The highest BCUT2D eigenvalue weighted by Gasteiger charge is 2.51. The normalized spacial score (nSPS) is 28.8. The van der Waals surface area contributed by atoms with E-state index in [4.69, 9.17) is 34.5 Å². The summed E-state index contributed by atoms with van der Waals surface area (Å²) in [5, 5.41) is 0. The number of hydrogen-bond acceptors (Lipinski definition) is 15. The molecule has 0 aromatic carbocycles. The summed E-state index contributed by atoms with van der Waals surface area (Å²) in [5.74, 6) is 0.0762. The van der Waals surface area contributed by atoms with Crippen LogP contribution in [0.3, 0.4) is 0 Å². The fourth-order valence-corrected chi connectivity index (χ4v) is 7.36. The standard InChI is InChI=1S/C20H26N10O9P2S2/c1-20(5-35-40(32,33)42)9(4-11(37-20)30-7-25-13-15(21)23-6-24-16(13)30)38-41(34,43)39-12-3-2-10(36-12)29-8-26-14-17(29)27-19(22)28-18(14)31/h6-12H,2-5H2,1H3,(H,34,43)(H2,21,23,24)(H2,32,33,42)(H3,22,27,28,31)/t9-,10+,11+,12+,20?,41?/m0/s1. The smallest absolute Gasteiger partial charge is 0.382 e. The van der Waals surface area contributed by atoms with E-state index < -0.39 is 56.2 Å². The largest absolute Gasteiger partial charge is 0.388 e. The van der Waals surface area contributed by atoms with E-state index >= 15 is 0 Å². The number of hydrogen-bond donors (Lipinski definition) is 6. The van der Waals surface area contributed by atoms with Gasteiger partial charge in [0, 0.05) is 12.8 Å². The van der Waals surface area contributed by atoms with Crippen molar-refractivity contribution in [2.24, 2.45) is 0 Å². The number of nitrogens with one attached hydrogen (secondary N) is 1. The summed E-state index contributed by atoms with van der Waals surface area (Å²) in [6, 6.07) is 0. The molecule has 6 heterocycles. The highest BCUT2D eigenvalue weighted by Crippen LogP contribution is 2.60. The van der Waals surface area contributed by atoms with Gasteiger partial charge in [-0.15, -0.1) is 0 Å². The Hall–Kier alpha value is -2.58. The quantitative estimate of drug-likeness (QED) is 0.109. The van der Waals surface area contributed by atoms with Crippen LogP contribution in [0.2, 0.25) is 0 Å². The zero-order chi connectivity index (χ0) is 30.7. The molecule has 2 saturated heterocycles. The van der Waals surface area contributed by atoms with E-state index in [0.717, 1.165) is 0 Å². The van der Waals surface area contributed by atoms with Crippen molar-refractivity contribution in [3.8, 4) is 0 Å². The Balaban J connectivity index is 1.19. The molecule has 0 saturated carbocycles. The first-order valence-corrected chi connectivity index (χ1v) is 18.0. The molecule has 6 rings (SSSR count). The number of H-pyrrole nitrogens is 1. The van der Waals surface area contributed by atoms with E-state index in [2.05, 4.69) is 54.4 Å². The van der Waals surface area contributed by atoms with Crippen molar-refractivity contribution in [3.63, 3.8) is 0 Å². The van der Waals surface area contributed by atoms with Gasteiger partial charge in [0.25, 0.3) is 5.56 Å². The number of nitrogen functional groups attached to an aromatic ring is 2. The van der Waals surface area contributed by atoms with E-state index in [1.54, 1.807) is 11.5 Å². The molecular formula is C20H26N10O9P2S2. The second-order valence-corrected chi connectivity index (χ2v) is 15.6. The van der Waals surface area contributed by atoms with Gasteiger partial charge in [-0.05, 0) is 13.3 Å². The number of imidazole rings is 2. The molecule has 7 atom stereocenters. The summed E-state index contributed by atoms with van der Waals surface area (Å²) in [6.07, 6.45) is 1.33. The van der Waals surface area contributed by atoms with Crippen molar-refractivity contribution in [1.82, 2.24) is 39.0 Å². The second kappa shape index (κ2) is 11.1. The van der Waals surface area contributed by atoms with E-state index in [0.29, 0.717) is 17.6 Å². The SMILES string of the molecule is CC1(COP(=O)(O)S)O[C@@H](n2cnc3c(N)ncnc32)C[C@@H]1OP(=O)(S)O[C@@H]1CC[C@H](n2cnc3c(=O)[nH]c(N)nc32)O1. The number of ether oxygens (including phenoxy) is 2. The van der Waals surface area contributed by atoms with Crippen LogP contribution in [-0.2, 0) is 32.2 Å². The third kappa shape index (κ3) is 6.19. The molecule has 0 bridgehead atoms. The fourth-order valence-electron chi connectivity index (χ4n) is 4.97. The molecule has 43 heavy (non-hydrogen) atoms. The van der Waals surface area contributed by atoms with Gasteiger partial charge in [0.1, 0.15) is 36.0 Å². The second-order valence-electron chi connectivity index (χ2n) is 10.0. The Morgan fingerprint density at radius 2 is 1.81 bits per heavy atom. The van der Waals surface area contributed by atoms with Crippen molar-refractivity contribution in [2.45, 2.75) is 56.6 Å². The Labute approximate surface area is 252 Å². The molecule has 4 aromatic rings. The maximum absolute atomic E-state index is 13.5. The maximum atomic E-state index is 13.5. The number of thiol groups is 2. The number of fused-ring (bicyclic) bond motifs is 2. The molecule has 2 aliphatic heterocycles. The van der Waals surface area contributed by atoms with Gasteiger partial charge in [0.2, 0.25) is 5.95 Å². The van der Waals surface area contributed by atoms with E-state index in [1.165, 1.54) is 23.5 Å². The van der Waals surface area contributed by atoms with Gasteiger partial charge < -0.3 is 25.8 Å². The van der Waals surface area contributed by atoms with Gasteiger partial charge in [0.05, 0.1) is 19.3 Å². The summed E-state index contributed by atoms with van der Waals surface area (Å²) in [7, 11) is 0. The third-order valence-corrected chi connectivity index (χ3v) is 9.35. The first kappa shape index (κ1) is 30.4. The molecule has 2 aliphatic rings. The van der Waals surface area contributed by atoms with Crippen LogP contribution in [0.5, 0.6) is 0 Å². The number of nitrogens with two attached hydrogens (primary N) is 2. The lowest BCUT2D eigenvalue weighted by atomic mass is 10.0. The average molecular weight is 677 g/mol. The van der Waals surface area contributed by atoms with E-state index in [9.17, 15) is 18.8 Å². The van der Waals surface area contributed by atoms with Gasteiger partial charge in [-0.3, -0.25) is 32.5 Å². The highest BCUT2D eigenvalue weighted by atomic mass is 32.7. The third-order valence-electron chi connectivity index (χ3n) is 6.95. The molecule has 2 fully saturated rings. The van der Waals surface area contributed by atoms with Crippen LogP contribution in [-0.4, -0.2) is 68.5 Å². The van der Waals surface area contributed by atoms with Crippen LogP contribution in [0, 0.1) is 0 Å². The summed E-state index contributed by atoms with van der Waals surface area (Å²) in [4.78, 5) is 44.7. The lowest BCUT2D eigenvalue weighted by Gasteiger charge is -2.31. The number of aromatic nitrogens is 8. The molecule has 19 nitrogen and oxygen atoms in total. The molecule has 4 aromatic heterocycles. The summed E-state index contributed by atoms with van der Waals surface area (Å²) in [5.41, 5.74) is 10.6. The maximum Gasteiger partial charge on any atom is 0.388 e. The zero-order valence-electron chi connectivity index (χ0n) is 22.2. The summed E-state index contributed by atoms with van der Waals surface area (Å²) in [6.45, 7) is -7.30. The molecule has 0 spiro atoms. The Bertz CT molecular complexity index is 1850. The minimum atomic E-state index is -4.22. The summed E-state index contributed by atoms with van der Waals surface area (Å²) >= 11 is 7.74. The fraction of sp³-hybridized carbons (Fsp3) is 0.500. The molecule has 23 heteroatoms. The predicted molar refractivity (Wildman–Crippen MR) is 156 cm³/mol. The minimum Gasteiger partial charge on any atom is -0.382 e. The average Bonchev–Trinajstić information content (AvgIpc) is 3.68. The highest BCUT2D eigenvalue weighted by molar-refractivity contribution is 8.44. The van der Waals surface area contributed by atoms with Crippen molar-refractivity contribution in [1.29, 1.82) is 0 Å². The zero-order valence-corrected chi connectivity index (χ0v) is 25.7. The Morgan fingerprint density at radius 1 is 1.09 bits per heavy atom.